The van der Waals surface area contributed by atoms with Gasteiger partial charge in [0.25, 0.3) is 5.91 Å². The zero-order valence-corrected chi connectivity index (χ0v) is 10.3. The normalized spacial score (nSPS) is 10.1. The number of carbonyl (C=O) groups excluding carboxylic acids is 1. The van der Waals surface area contributed by atoms with Crippen LogP contribution in [0.3, 0.4) is 0 Å². The van der Waals surface area contributed by atoms with Gasteiger partial charge in [0.05, 0.1) is 12.4 Å². The molecule has 0 aliphatic carbocycles. The fourth-order valence-corrected chi connectivity index (χ4v) is 1.53. The molecule has 0 unspecified atom stereocenters. The van der Waals surface area contributed by atoms with E-state index in [-0.39, 0.29) is 16.6 Å². The topological polar surface area (TPSA) is 75.1 Å². The molecule has 0 atom stereocenters. The number of aromatic nitrogens is 2. The van der Waals surface area contributed by atoms with E-state index in [9.17, 15) is 9.90 Å². The second kappa shape index (κ2) is 5.01. The number of nitrogens with one attached hydrogen (secondary N) is 1. The Hall–Kier alpha value is -2.14. The second-order valence-electron chi connectivity index (χ2n) is 3.68. The van der Waals surface area contributed by atoms with Gasteiger partial charge in [0, 0.05) is 5.69 Å². The maximum Gasteiger partial charge on any atom is 0.275 e. The number of aromatic hydroxyl groups is 1. The summed E-state index contributed by atoms with van der Waals surface area (Å²) >= 11 is 5.65. The Morgan fingerprint density at radius 1 is 1.39 bits per heavy atom. The Morgan fingerprint density at radius 2 is 2.17 bits per heavy atom. The number of anilines is 1. The first-order chi connectivity index (χ1) is 8.56. The van der Waals surface area contributed by atoms with Crippen LogP contribution in [0.15, 0.2) is 30.6 Å². The molecule has 2 rings (SSSR count). The van der Waals surface area contributed by atoms with E-state index in [1.54, 1.807) is 19.1 Å². The van der Waals surface area contributed by atoms with Gasteiger partial charge in [-0.1, -0.05) is 11.6 Å². The predicted molar refractivity (Wildman–Crippen MR) is 67.8 cm³/mol. The van der Waals surface area contributed by atoms with Crippen LogP contribution in [0.1, 0.15) is 16.1 Å². The van der Waals surface area contributed by atoms with Crippen molar-refractivity contribution in [2.75, 3.05) is 5.32 Å². The molecular formula is C12H10ClN3O2. The number of rotatable bonds is 2. The van der Waals surface area contributed by atoms with Gasteiger partial charge in [-0.25, -0.2) is 4.98 Å². The molecular weight excluding hydrogens is 254 g/mol. The van der Waals surface area contributed by atoms with E-state index in [0.717, 1.165) is 0 Å². The summed E-state index contributed by atoms with van der Waals surface area (Å²) < 4.78 is 0. The van der Waals surface area contributed by atoms with Crippen LogP contribution in [-0.2, 0) is 0 Å². The summed E-state index contributed by atoms with van der Waals surface area (Å²) in [6, 6.07) is 4.76. The molecule has 1 aromatic carbocycles. The van der Waals surface area contributed by atoms with Gasteiger partial charge in [-0.15, -0.1) is 0 Å². The van der Waals surface area contributed by atoms with Crippen LogP contribution >= 0.6 is 11.6 Å². The van der Waals surface area contributed by atoms with Crippen molar-refractivity contribution in [1.82, 2.24) is 9.97 Å². The third kappa shape index (κ3) is 2.75. The fraction of sp³-hybridized carbons (Fsp3) is 0.0833. The van der Waals surface area contributed by atoms with Crippen molar-refractivity contribution >= 4 is 23.2 Å². The maximum absolute atomic E-state index is 11.8. The zero-order valence-electron chi connectivity index (χ0n) is 9.51. The Labute approximate surface area is 108 Å². The minimum absolute atomic E-state index is 0.133. The molecule has 92 valence electrons. The molecule has 0 spiro atoms. The Balaban J connectivity index is 2.18. The number of benzene rings is 1. The van der Waals surface area contributed by atoms with Crippen LogP contribution < -0.4 is 5.32 Å². The summed E-state index contributed by atoms with van der Waals surface area (Å²) in [7, 11) is 0. The lowest BCUT2D eigenvalue weighted by Crippen LogP contribution is -2.14. The molecule has 5 nitrogen and oxygen atoms in total. The molecule has 0 radical (unpaired) electrons. The van der Waals surface area contributed by atoms with Crippen LogP contribution in [0.4, 0.5) is 5.69 Å². The molecule has 0 saturated heterocycles. The Bertz CT molecular complexity index is 602. The lowest BCUT2D eigenvalue weighted by molar-refractivity contribution is 0.102. The van der Waals surface area contributed by atoms with Crippen molar-refractivity contribution in [1.29, 1.82) is 0 Å². The SMILES string of the molecule is Cc1cc(NC(=O)c2cncc(Cl)n2)ccc1O. The van der Waals surface area contributed by atoms with Gasteiger partial charge in [0.15, 0.2) is 0 Å². The summed E-state index contributed by atoms with van der Waals surface area (Å²) in [4.78, 5) is 19.5. The summed E-state index contributed by atoms with van der Waals surface area (Å²) in [5.74, 6) is -0.231. The van der Waals surface area contributed by atoms with Crippen molar-refractivity contribution in [2.45, 2.75) is 6.92 Å². The zero-order chi connectivity index (χ0) is 13.1. The van der Waals surface area contributed by atoms with Crippen LogP contribution in [0.25, 0.3) is 0 Å². The first-order valence-corrected chi connectivity index (χ1v) is 5.52. The molecule has 6 heteroatoms. The van der Waals surface area contributed by atoms with Crippen molar-refractivity contribution in [3.05, 3.63) is 47.0 Å². The number of phenolic OH excluding ortho intramolecular Hbond substituents is 1. The number of aryl methyl sites for hydroxylation is 1. The van der Waals surface area contributed by atoms with Gasteiger partial charge >= 0.3 is 0 Å². The average molecular weight is 264 g/mol. The highest BCUT2D eigenvalue weighted by Crippen LogP contribution is 2.20. The van der Waals surface area contributed by atoms with Gasteiger partial charge in [0.2, 0.25) is 0 Å². The van der Waals surface area contributed by atoms with Crippen molar-refractivity contribution in [3.63, 3.8) is 0 Å². The van der Waals surface area contributed by atoms with Gasteiger partial charge < -0.3 is 10.4 Å². The molecule has 18 heavy (non-hydrogen) atoms. The lowest BCUT2D eigenvalue weighted by atomic mass is 10.2. The maximum atomic E-state index is 11.8. The van der Waals surface area contributed by atoms with Crippen LogP contribution in [-0.4, -0.2) is 21.0 Å². The molecule has 1 amide bonds. The molecule has 0 aliphatic rings. The van der Waals surface area contributed by atoms with E-state index in [0.29, 0.717) is 11.3 Å². The molecule has 0 aliphatic heterocycles. The third-order valence-corrected chi connectivity index (χ3v) is 2.47. The standard InChI is InChI=1S/C12H10ClN3O2/c1-7-4-8(2-3-10(7)17)15-12(18)9-5-14-6-11(13)16-9/h2-6,17H,1H3,(H,15,18). The first-order valence-electron chi connectivity index (χ1n) is 5.15. The molecule has 1 aromatic heterocycles. The van der Waals surface area contributed by atoms with Gasteiger partial charge in [-0.3, -0.25) is 9.78 Å². The highest BCUT2D eigenvalue weighted by Gasteiger charge is 2.09. The summed E-state index contributed by atoms with van der Waals surface area (Å²) in [5.41, 5.74) is 1.37. The lowest BCUT2D eigenvalue weighted by Gasteiger charge is -2.06. The average Bonchev–Trinajstić information content (AvgIpc) is 2.34. The van der Waals surface area contributed by atoms with E-state index < -0.39 is 5.91 Å². The van der Waals surface area contributed by atoms with E-state index in [4.69, 9.17) is 11.6 Å². The van der Waals surface area contributed by atoms with Crippen LogP contribution in [0, 0.1) is 6.92 Å². The summed E-state index contributed by atoms with van der Waals surface area (Å²) in [6.07, 6.45) is 2.68. The highest BCUT2D eigenvalue weighted by molar-refractivity contribution is 6.29. The molecule has 0 bridgehead atoms. The monoisotopic (exact) mass is 263 g/mol. The van der Waals surface area contributed by atoms with Crippen molar-refractivity contribution in [2.24, 2.45) is 0 Å². The smallest absolute Gasteiger partial charge is 0.275 e. The Kier molecular flexibility index (Phi) is 3.43. The third-order valence-electron chi connectivity index (χ3n) is 2.29. The van der Waals surface area contributed by atoms with Crippen LogP contribution in [0.5, 0.6) is 5.75 Å². The summed E-state index contributed by atoms with van der Waals surface area (Å²) in [5, 5.41) is 12.2. The Morgan fingerprint density at radius 3 is 2.83 bits per heavy atom. The van der Waals surface area contributed by atoms with E-state index in [1.807, 2.05) is 0 Å². The van der Waals surface area contributed by atoms with Crippen LogP contribution in [0.2, 0.25) is 5.15 Å². The minimum Gasteiger partial charge on any atom is -0.508 e. The van der Waals surface area contributed by atoms with Gasteiger partial charge in [-0.2, -0.15) is 0 Å². The number of carbonyl (C=O) groups is 1. The van der Waals surface area contributed by atoms with Crippen molar-refractivity contribution < 1.29 is 9.90 Å². The van der Waals surface area contributed by atoms with E-state index >= 15 is 0 Å². The molecule has 0 saturated carbocycles. The number of phenols is 1. The van der Waals surface area contributed by atoms with Gasteiger partial charge in [0.1, 0.15) is 16.6 Å². The van der Waals surface area contributed by atoms with E-state index in [2.05, 4.69) is 15.3 Å². The number of hydrogen-bond acceptors (Lipinski definition) is 4. The molecule has 2 aromatic rings. The molecule has 2 N–H and O–H groups in total. The number of nitrogens with zero attached hydrogens (tertiary/aromatic N) is 2. The summed E-state index contributed by atoms with van der Waals surface area (Å²) in [6.45, 7) is 1.74. The molecule has 1 heterocycles. The minimum atomic E-state index is -0.407. The highest BCUT2D eigenvalue weighted by atomic mass is 35.5. The van der Waals surface area contributed by atoms with E-state index in [1.165, 1.54) is 18.5 Å². The largest absolute Gasteiger partial charge is 0.508 e. The predicted octanol–water partition coefficient (Wildman–Crippen LogP) is 2.40. The van der Waals surface area contributed by atoms with Gasteiger partial charge in [-0.05, 0) is 30.7 Å². The number of halogens is 1. The quantitative estimate of drug-likeness (QED) is 0.816. The molecule has 0 fully saturated rings. The first kappa shape index (κ1) is 12.3. The second-order valence-corrected chi connectivity index (χ2v) is 4.07. The van der Waals surface area contributed by atoms with Crippen molar-refractivity contribution in [3.8, 4) is 5.75 Å². The number of amides is 1. The number of hydrogen-bond donors (Lipinski definition) is 2. The fourth-order valence-electron chi connectivity index (χ4n) is 1.38.